The molecule has 1 aliphatic rings. The highest BCUT2D eigenvalue weighted by atomic mass is 16.3. The first-order valence-corrected chi connectivity index (χ1v) is 8.78. The minimum atomic E-state index is -0.703. The van der Waals surface area contributed by atoms with Crippen molar-refractivity contribution in [3.8, 4) is 11.6 Å². The summed E-state index contributed by atoms with van der Waals surface area (Å²) in [4.78, 5) is 12.8. The second-order valence-electron chi connectivity index (χ2n) is 6.35. The molecule has 0 radical (unpaired) electrons. The van der Waals surface area contributed by atoms with Crippen molar-refractivity contribution in [3.63, 3.8) is 0 Å². The molecule has 0 aliphatic carbocycles. The Kier molecular flexibility index (Phi) is 4.54. The fourth-order valence-electron chi connectivity index (χ4n) is 3.10. The summed E-state index contributed by atoms with van der Waals surface area (Å²) in [6.07, 6.45) is 0.679. The molecule has 28 heavy (non-hydrogen) atoms. The standard InChI is InChI=1S/C20H19N5O3/c1-13-16(20(28)24(23-13)14-7-3-2-4-8-14)11-21-25-18(12-26)22-17-10-6-5-9-15(17)19(25)27/h2-11,18,22,26,28H,12H2,1H3. The third-order valence-electron chi connectivity index (χ3n) is 4.55. The van der Waals surface area contributed by atoms with E-state index in [-0.39, 0.29) is 18.4 Å². The van der Waals surface area contributed by atoms with E-state index in [4.69, 9.17) is 0 Å². The van der Waals surface area contributed by atoms with E-state index in [1.807, 2.05) is 36.4 Å². The Hall–Kier alpha value is -3.65. The molecule has 1 unspecified atom stereocenters. The summed E-state index contributed by atoms with van der Waals surface area (Å²) in [7, 11) is 0. The second-order valence-corrected chi connectivity index (χ2v) is 6.35. The minimum Gasteiger partial charge on any atom is -0.493 e. The molecular weight excluding hydrogens is 358 g/mol. The van der Waals surface area contributed by atoms with Crippen LogP contribution >= 0.6 is 0 Å². The van der Waals surface area contributed by atoms with E-state index < -0.39 is 6.17 Å². The predicted molar refractivity (Wildman–Crippen MR) is 105 cm³/mol. The molecule has 8 heteroatoms. The molecule has 2 heterocycles. The number of hydrogen-bond acceptors (Lipinski definition) is 6. The Morgan fingerprint density at radius 3 is 2.64 bits per heavy atom. The van der Waals surface area contributed by atoms with Crippen LogP contribution in [0.3, 0.4) is 0 Å². The molecule has 0 saturated heterocycles. The highest BCUT2D eigenvalue weighted by molar-refractivity contribution is 6.02. The molecule has 3 N–H and O–H groups in total. The summed E-state index contributed by atoms with van der Waals surface area (Å²) in [6, 6.07) is 16.3. The van der Waals surface area contributed by atoms with Gasteiger partial charge in [-0.15, -0.1) is 0 Å². The molecule has 8 nitrogen and oxygen atoms in total. The number of carbonyl (C=O) groups is 1. The topological polar surface area (TPSA) is 103 Å². The Morgan fingerprint density at radius 2 is 1.89 bits per heavy atom. The molecule has 0 saturated carbocycles. The van der Waals surface area contributed by atoms with Crippen LogP contribution < -0.4 is 5.32 Å². The van der Waals surface area contributed by atoms with Crippen LogP contribution in [-0.2, 0) is 0 Å². The number of amides is 1. The van der Waals surface area contributed by atoms with E-state index in [9.17, 15) is 15.0 Å². The SMILES string of the molecule is Cc1nn(-c2ccccc2)c(O)c1C=NN1C(=O)c2ccccc2NC1CO. The van der Waals surface area contributed by atoms with Gasteiger partial charge in [0.2, 0.25) is 5.88 Å². The van der Waals surface area contributed by atoms with Gasteiger partial charge in [-0.1, -0.05) is 30.3 Å². The number of para-hydroxylation sites is 2. The molecule has 3 aromatic rings. The van der Waals surface area contributed by atoms with Gasteiger partial charge >= 0.3 is 0 Å². The average Bonchev–Trinajstić information content (AvgIpc) is 3.01. The molecule has 0 spiro atoms. The number of hydrogen-bond donors (Lipinski definition) is 3. The summed E-state index contributed by atoms with van der Waals surface area (Å²) in [5.74, 6) is -0.414. The monoisotopic (exact) mass is 377 g/mol. The van der Waals surface area contributed by atoms with Crippen LogP contribution in [0.25, 0.3) is 5.69 Å². The summed E-state index contributed by atoms with van der Waals surface area (Å²) in [5, 5.41) is 33.1. The Morgan fingerprint density at radius 1 is 1.18 bits per heavy atom. The number of anilines is 1. The van der Waals surface area contributed by atoms with Crippen LogP contribution in [0.1, 0.15) is 21.6 Å². The fraction of sp³-hybridized carbons (Fsp3) is 0.150. The number of rotatable bonds is 4. The summed E-state index contributed by atoms with van der Waals surface area (Å²) in [5.41, 5.74) is 2.77. The Labute approximate surface area is 161 Å². The smallest absolute Gasteiger partial charge is 0.278 e. The zero-order chi connectivity index (χ0) is 19.7. The van der Waals surface area contributed by atoms with Crippen molar-refractivity contribution in [1.82, 2.24) is 14.8 Å². The Bertz CT molecular complexity index is 1050. The first kappa shape index (κ1) is 17.7. The predicted octanol–water partition coefficient (Wildman–Crippen LogP) is 2.11. The van der Waals surface area contributed by atoms with E-state index in [1.54, 1.807) is 25.1 Å². The van der Waals surface area contributed by atoms with Gasteiger partial charge in [0, 0.05) is 5.69 Å². The first-order chi connectivity index (χ1) is 13.6. The van der Waals surface area contributed by atoms with Gasteiger partial charge in [0.1, 0.15) is 6.17 Å². The minimum absolute atomic E-state index is 0.0779. The van der Waals surface area contributed by atoms with Crippen molar-refractivity contribution in [1.29, 1.82) is 0 Å². The van der Waals surface area contributed by atoms with E-state index in [1.165, 1.54) is 15.9 Å². The molecule has 4 rings (SSSR count). The number of aromatic hydroxyl groups is 1. The van der Waals surface area contributed by atoms with Gasteiger partial charge in [-0.2, -0.15) is 10.2 Å². The van der Waals surface area contributed by atoms with Gasteiger partial charge in [0.25, 0.3) is 5.91 Å². The molecule has 1 amide bonds. The average molecular weight is 377 g/mol. The van der Waals surface area contributed by atoms with E-state index >= 15 is 0 Å². The van der Waals surface area contributed by atoms with E-state index in [2.05, 4.69) is 15.5 Å². The lowest BCUT2D eigenvalue weighted by molar-refractivity contribution is 0.0621. The maximum Gasteiger partial charge on any atom is 0.278 e. The summed E-state index contributed by atoms with van der Waals surface area (Å²) < 4.78 is 1.41. The molecule has 1 atom stereocenters. The lowest BCUT2D eigenvalue weighted by atomic mass is 10.1. The maximum atomic E-state index is 12.8. The zero-order valence-electron chi connectivity index (χ0n) is 15.1. The number of fused-ring (bicyclic) bond motifs is 1. The number of aliphatic hydroxyl groups excluding tert-OH is 1. The molecule has 142 valence electrons. The lowest BCUT2D eigenvalue weighted by Gasteiger charge is -2.33. The quantitative estimate of drug-likeness (QED) is 0.604. The number of carbonyl (C=O) groups excluding carboxylic acids is 1. The van der Waals surface area contributed by atoms with Gasteiger partial charge in [0.15, 0.2) is 0 Å². The first-order valence-electron chi connectivity index (χ1n) is 8.78. The van der Waals surface area contributed by atoms with Crippen molar-refractivity contribution < 1.29 is 15.0 Å². The molecule has 0 bridgehead atoms. The van der Waals surface area contributed by atoms with E-state index in [0.717, 1.165) is 0 Å². The molecule has 1 aliphatic heterocycles. The number of nitrogens with one attached hydrogen (secondary N) is 1. The molecular formula is C20H19N5O3. The molecule has 0 fully saturated rings. The van der Waals surface area contributed by atoms with Crippen molar-refractivity contribution >= 4 is 17.8 Å². The van der Waals surface area contributed by atoms with Gasteiger partial charge in [-0.3, -0.25) is 4.79 Å². The Balaban J connectivity index is 1.68. The van der Waals surface area contributed by atoms with Crippen LogP contribution in [0, 0.1) is 6.92 Å². The van der Waals surface area contributed by atoms with Crippen molar-refractivity contribution in [3.05, 3.63) is 71.4 Å². The zero-order valence-corrected chi connectivity index (χ0v) is 15.1. The van der Waals surface area contributed by atoms with Gasteiger partial charge in [0.05, 0.1) is 35.3 Å². The number of nitrogens with zero attached hydrogens (tertiary/aromatic N) is 4. The number of aryl methyl sites for hydroxylation is 1. The third-order valence-corrected chi connectivity index (χ3v) is 4.55. The molecule has 2 aromatic carbocycles. The normalized spacial score (nSPS) is 16.3. The summed E-state index contributed by atoms with van der Waals surface area (Å²) >= 11 is 0. The largest absolute Gasteiger partial charge is 0.493 e. The fourth-order valence-corrected chi connectivity index (χ4v) is 3.10. The van der Waals surface area contributed by atoms with Gasteiger partial charge in [-0.05, 0) is 31.2 Å². The highest BCUT2D eigenvalue weighted by Crippen LogP contribution is 2.26. The second kappa shape index (κ2) is 7.16. The van der Waals surface area contributed by atoms with Crippen molar-refractivity contribution in [2.75, 3.05) is 11.9 Å². The maximum absolute atomic E-state index is 12.8. The molecule has 1 aromatic heterocycles. The lowest BCUT2D eigenvalue weighted by Crippen LogP contribution is -2.47. The third kappa shape index (κ3) is 2.99. The van der Waals surface area contributed by atoms with Gasteiger partial charge in [-0.25, -0.2) is 9.69 Å². The van der Waals surface area contributed by atoms with Crippen LogP contribution in [0.4, 0.5) is 5.69 Å². The number of aromatic nitrogens is 2. The van der Waals surface area contributed by atoms with Crippen molar-refractivity contribution in [2.24, 2.45) is 5.10 Å². The summed E-state index contributed by atoms with van der Waals surface area (Å²) in [6.45, 7) is 1.43. The van der Waals surface area contributed by atoms with Gasteiger partial charge < -0.3 is 15.5 Å². The van der Waals surface area contributed by atoms with E-state index in [0.29, 0.717) is 28.2 Å². The number of hydrazone groups is 1. The van der Waals surface area contributed by atoms with Crippen LogP contribution in [0.5, 0.6) is 5.88 Å². The highest BCUT2D eigenvalue weighted by Gasteiger charge is 2.31. The van der Waals surface area contributed by atoms with Crippen molar-refractivity contribution in [2.45, 2.75) is 13.1 Å². The van der Waals surface area contributed by atoms with Crippen LogP contribution in [0.2, 0.25) is 0 Å². The van der Waals surface area contributed by atoms with Crippen LogP contribution in [0.15, 0.2) is 59.7 Å². The number of aliphatic hydroxyl groups is 1. The number of benzene rings is 2. The van der Waals surface area contributed by atoms with Crippen LogP contribution in [-0.4, -0.2) is 49.9 Å².